The lowest BCUT2D eigenvalue weighted by atomic mass is 10.0. The van der Waals surface area contributed by atoms with E-state index < -0.39 is 33.3 Å². The molecule has 3 N–H and O–H groups in total. The van der Waals surface area contributed by atoms with Crippen LogP contribution >= 0.6 is 0 Å². The number of hydrogen-bond donors (Lipinski definition) is 3. The summed E-state index contributed by atoms with van der Waals surface area (Å²) in [6.07, 6.45) is 4.13. The van der Waals surface area contributed by atoms with Crippen molar-refractivity contribution in [2.75, 3.05) is 4.31 Å². The molecule has 0 bridgehead atoms. The third-order valence-electron chi connectivity index (χ3n) is 4.71. The fourth-order valence-electron chi connectivity index (χ4n) is 3.17. The van der Waals surface area contributed by atoms with Crippen LogP contribution in [-0.2, 0) is 21.6 Å². The van der Waals surface area contributed by atoms with E-state index in [9.17, 15) is 18.3 Å². The Morgan fingerprint density at radius 1 is 1.11 bits per heavy atom. The number of nitrogens with one attached hydrogen (secondary N) is 2. The average Bonchev–Trinajstić information content (AvgIpc) is 3.01. The van der Waals surface area contributed by atoms with Gasteiger partial charge in [0, 0.05) is 0 Å². The quantitative estimate of drug-likeness (QED) is 0.511. The summed E-state index contributed by atoms with van der Waals surface area (Å²) >= 11 is 0. The first kappa shape index (κ1) is 26.0. The van der Waals surface area contributed by atoms with Crippen molar-refractivity contribution >= 4 is 28.1 Å². The van der Waals surface area contributed by atoms with Crippen molar-refractivity contribution in [2.45, 2.75) is 52.4 Å². The van der Waals surface area contributed by atoms with Crippen LogP contribution in [0.5, 0.6) is 5.75 Å². The summed E-state index contributed by atoms with van der Waals surface area (Å²) in [6, 6.07) is 14.4. The highest BCUT2D eigenvalue weighted by Gasteiger charge is 2.31. The van der Waals surface area contributed by atoms with Crippen LogP contribution in [0.15, 0.2) is 66.7 Å². The predicted octanol–water partition coefficient (Wildman–Crippen LogP) is 4.59. The van der Waals surface area contributed by atoms with Crippen molar-refractivity contribution in [1.29, 1.82) is 0 Å². The molecule has 1 aliphatic heterocycles. The summed E-state index contributed by atoms with van der Waals surface area (Å²) in [7, 11) is -3.99. The second-order valence-corrected chi connectivity index (χ2v) is 11.1. The lowest BCUT2D eigenvalue weighted by Crippen LogP contribution is -2.44. The SMILES string of the molecule is CC(C)(C=Cc1ccc(N2C=C(O)NS2(=O)=O)c(OCc2ccccc2)c1)NC(=O)OC(C)(C)C. The molecule has 188 valence electrons. The second-order valence-electron chi connectivity index (χ2n) is 9.60. The molecule has 1 amide bonds. The van der Waals surface area contributed by atoms with E-state index in [1.165, 1.54) is 0 Å². The Morgan fingerprint density at radius 2 is 1.80 bits per heavy atom. The number of carbonyl (C=O) groups excluding carboxylic acids is 1. The molecule has 0 spiro atoms. The number of hydrogen-bond acceptors (Lipinski definition) is 6. The van der Waals surface area contributed by atoms with E-state index in [0.29, 0.717) is 11.3 Å². The van der Waals surface area contributed by atoms with Gasteiger partial charge in [-0.25, -0.2) is 13.8 Å². The van der Waals surface area contributed by atoms with Gasteiger partial charge in [0.15, 0.2) is 0 Å². The van der Waals surface area contributed by atoms with E-state index in [4.69, 9.17) is 9.47 Å². The molecule has 0 aromatic heterocycles. The highest BCUT2D eigenvalue weighted by molar-refractivity contribution is 7.91. The molecule has 0 radical (unpaired) electrons. The minimum atomic E-state index is -3.99. The van der Waals surface area contributed by atoms with Crippen LogP contribution < -0.4 is 19.1 Å². The van der Waals surface area contributed by atoms with Gasteiger partial charge in [0.1, 0.15) is 23.6 Å². The van der Waals surface area contributed by atoms with Gasteiger partial charge in [-0.15, -0.1) is 0 Å². The standard InChI is InChI=1S/C25H31N3O6S/c1-24(2,3)34-23(30)26-25(4,5)14-13-18-11-12-20(28-16-22(29)27-35(28,31)32)21(15-18)33-17-19-9-7-6-8-10-19/h6-16,27,29H,17H2,1-5H3,(H,26,30). The van der Waals surface area contributed by atoms with Crippen molar-refractivity contribution in [3.8, 4) is 5.75 Å². The lowest BCUT2D eigenvalue weighted by Gasteiger charge is -2.26. The molecule has 9 nitrogen and oxygen atoms in total. The van der Waals surface area contributed by atoms with Crippen LogP contribution in [0.25, 0.3) is 6.08 Å². The van der Waals surface area contributed by atoms with Gasteiger partial charge in [-0.2, -0.15) is 8.42 Å². The first-order chi connectivity index (χ1) is 16.2. The Morgan fingerprint density at radius 3 is 2.40 bits per heavy atom. The Kier molecular flexibility index (Phi) is 7.35. The van der Waals surface area contributed by atoms with Crippen LogP contribution in [0.4, 0.5) is 10.5 Å². The van der Waals surface area contributed by atoms with Crippen molar-refractivity contribution in [3.05, 3.63) is 77.8 Å². The van der Waals surface area contributed by atoms with Gasteiger partial charge < -0.3 is 19.9 Å². The summed E-state index contributed by atoms with van der Waals surface area (Å²) in [5, 5.41) is 12.5. The molecule has 0 atom stereocenters. The normalized spacial score (nSPS) is 15.5. The number of amides is 1. The smallest absolute Gasteiger partial charge is 0.408 e. The molecule has 0 saturated carbocycles. The zero-order valence-electron chi connectivity index (χ0n) is 20.4. The molecular formula is C25H31N3O6S. The van der Waals surface area contributed by atoms with Crippen LogP contribution in [0, 0.1) is 0 Å². The molecule has 0 aliphatic carbocycles. The van der Waals surface area contributed by atoms with E-state index in [2.05, 4.69) is 5.32 Å². The molecule has 3 rings (SSSR count). The first-order valence-electron chi connectivity index (χ1n) is 11.0. The summed E-state index contributed by atoms with van der Waals surface area (Å²) in [4.78, 5) is 12.2. The zero-order valence-corrected chi connectivity index (χ0v) is 21.2. The highest BCUT2D eigenvalue weighted by atomic mass is 32.2. The number of aliphatic hydroxyl groups excluding tert-OH is 1. The number of anilines is 1. The summed E-state index contributed by atoms with van der Waals surface area (Å²) in [6.45, 7) is 9.23. The minimum Gasteiger partial charge on any atom is -0.493 e. The monoisotopic (exact) mass is 501 g/mol. The molecule has 1 heterocycles. The topological polar surface area (TPSA) is 117 Å². The number of ether oxygens (including phenoxy) is 2. The van der Waals surface area contributed by atoms with E-state index in [-0.39, 0.29) is 12.3 Å². The van der Waals surface area contributed by atoms with E-state index in [1.54, 1.807) is 51.1 Å². The highest BCUT2D eigenvalue weighted by Crippen LogP contribution is 2.34. The molecule has 0 saturated heterocycles. The lowest BCUT2D eigenvalue weighted by molar-refractivity contribution is 0.0491. The largest absolute Gasteiger partial charge is 0.493 e. The number of carbonyl (C=O) groups is 1. The molecular weight excluding hydrogens is 470 g/mol. The molecule has 0 fully saturated rings. The Labute approximate surface area is 206 Å². The molecule has 2 aromatic carbocycles. The van der Waals surface area contributed by atoms with Gasteiger partial charge in [0.25, 0.3) is 0 Å². The van der Waals surface area contributed by atoms with Crippen molar-refractivity contribution in [1.82, 2.24) is 10.0 Å². The molecule has 35 heavy (non-hydrogen) atoms. The van der Waals surface area contributed by atoms with Crippen LogP contribution in [0.2, 0.25) is 0 Å². The molecule has 0 unspecified atom stereocenters. The zero-order chi connectivity index (χ0) is 25.9. The van der Waals surface area contributed by atoms with Gasteiger partial charge in [0.05, 0.1) is 11.7 Å². The number of alkyl carbamates (subject to hydrolysis) is 1. The van der Waals surface area contributed by atoms with Gasteiger partial charge in [0.2, 0.25) is 5.88 Å². The Hall–Kier alpha value is -3.66. The van der Waals surface area contributed by atoms with E-state index in [0.717, 1.165) is 16.1 Å². The fraction of sp³-hybridized carbons (Fsp3) is 0.320. The van der Waals surface area contributed by atoms with Crippen molar-refractivity contribution in [2.24, 2.45) is 0 Å². The molecule has 2 aromatic rings. The van der Waals surface area contributed by atoms with Gasteiger partial charge in [-0.1, -0.05) is 48.6 Å². The van der Waals surface area contributed by atoms with E-state index >= 15 is 0 Å². The molecule has 1 aliphatic rings. The number of benzene rings is 2. The average molecular weight is 502 g/mol. The van der Waals surface area contributed by atoms with Gasteiger partial charge in [-0.05, 0) is 57.9 Å². The van der Waals surface area contributed by atoms with Crippen molar-refractivity contribution in [3.63, 3.8) is 0 Å². The first-order valence-corrected chi connectivity index (χ1v) is 12.4. The van der Waals surface area contributed by atoms with E-state index in [1.807, 2.05) is 48.9 Å². The second kappa shape index (κ2) is 9.91. The third kappa shape index (κ3) is 7.41. The summed E-state index contributed by atoms with van der Waals surface area (Å²) < 4.78 is 39.1. The maximum absolute atomic E-state index is 12.4. The maximum atomic E-state index is 12.4. The predicted molar refractivity (Wildman–Crippen MR) is 135 cm³/mol. The van der Waals surface area contributed by atoms with Gasteiger partial charge >= 0.3 is 16.3 Å². The summed E-state index contributed by atoms with van der Waals surface area (Å²) in [5.41, 5.74) is 0.526. The number of rotatable bonds is 7. The van der Waals surface area contributed by atoms with Crippen LogP contribution in [-0.4, -0.2) is 30.8 Å². The Balaban J connectivity index is 1.87. The molecule has 10 heteroatoms. The van der Waals surface area contributed by atoms with Crippen LogP contribution in [0.3, 0.4) is 0 Å². The minimum absolute atomic E-state index is 0.212. The number of aliphatic hydroxyl groups is 1. The van der Waals surface area contributed by atoms with Crippen LogP contribution in [0.1, 0.15) is 45.7 Å². The maximum Gasteiger partial charge on any atom is 0.408 e. The summed E-state index contributed by atoms with van der Waals surface area (Å²) in [5.74, 6) is -0.191. The number of nitrogens with zero attached hydrogens (tertiary/aromatic N) is 1. The fourth-order valence-corrected chi connectivity index (χ4v) is 4.23. The van der Waals surface area contributed by atoms with Crippen molar-refractivity contribution < 1.29 is 27.8 Å². The third-order valence-corrected chi connectivity index (χ3v) is 5.99. The van der Waals surface area contributed by atoms with Gasteiger partial charge in [-0.3, -0.25) is 0 Å². The Bertz CT molecular complexity index is 1230.